The third kappa shape index (κ3) is 4.75. The number of unbranched alkanes of at least 4 members (excludes halogenated alkanes) is 2. The highest BCUT2D eigenvalue weighted by Crippen LogP contribution is 2.32. The van der Waals surface area contributed by atoms with Crippen LogP contribution in [0, 0.1) is 6.92 Å². The Morgan fingerprint density at radius 2 is 1.82 bits per heavy atom. The summed E-state index contributed by atoms with van der Waals surface area (Å²) in [5, 5.41) is 7.53. The highest BCUT2D eigenvalue weighted by atomic mass is 35.5. The van der Waals surface area contributed by atoms with E-state index < -0.39 is 0 Å². The first-order valence-corrected chi connectivity index (χ1v) is 8.16. The first kappa shape index (κ1) is 16.8. The number of nitrogens with one attached hydrogen (secondary N) is 2. The van der Waals surface area contributed by atoms with Crippen LogP contribution in [0.15, 0.2) is 24.3 Å². The molecule has 6 heteroatoms. The molecule has 0 saturated heterocycles. The molecule has 118 valence electrons. The second kappa shape index (κ2) is 8.20. The molecule has 0 spiro atoms. The monoisotopic (exact) mass is 338 g/mol. The topological polar surface area (TPSA) is 49.8 Å². The lowest BCUT2D eigenvalue weighted by Gasteiger charge is -2.12. The highest BCUT2D eigenvalue weighted by molar-refractivity contribution is 6.39. The van der Waals surface area contributed by atoms with Gasteiger partial charge in [0.1, 0.15) is 5.82 Å². The van der Waals surface area contributed by atoms with E-state index in [0.29, 0.717) is 27.5 Å². The molecule has 2 aromatic rings. The number of rotatable bonds is 7. The molecule has 1 heterocycles. The standard InChI is InChI=1S/C16H20Cl2N4/c1-3-4-5-9-19-16-20-11(2)10-14(22-16)21-15-12(17)7-6-8-13(15)18/h6-8,10H,3-5,9H2,1-2H3,(H2,19,20,21,22). The molecule has 0 amide bonds. The lowest BCUT2D eigenvalue weighted by atomic mass is 10.2. The Balaban J connectivity index is 2.12. The van der Waals surface area contributed by atoms with Gasteiger partial charge in [0, 0.05) is 18.3 Å². The lowest BCUT2D eigenvalue weighted by Crippen LogP contribution is -2.07. The molecule has 22 heavy (non-hydrogen) atoms. The molecule has 1 aromatic heterocycles. The van der Waals surface area contributed by atoms with E-state index in [1.807, 2.05) is 19.1 Å². The maximum Gasteiger partial charge on any atom is 0.224 e. The minimum atomic E-state index is 0.557. The molecule has 4 nitrogen and oxygen atoms in total. The summed E-state index contributed by atoms with van der Waals surface area (Å²) in [4.78, 5) is 8.85. The van der Waals surface area contributed by atoms with Crippen molar-refractivity contribution in [1.82, 2.24) is 9.97 Å². The summed E-state index contributed by atoms with van der Waals surface area (Å²) >= 11 is 12.3. The van der Waals surface area contributed by atoms with Crippen LogP contribution in [0.2, 0.25) is 10.0 Å². The molecule has 0 atom stereocenters. The van der Waals surface area contributed by atoms with Gasteiger partial charge in [-0.1, -0.05) is 49.0 Å². The predicted molar refractivity (Wildman–Crippen MR) is 94.5 cm³/mol. The number of halogens is 2. The first-order chi connectivity index (χ1) is 10.6. The summed E-state index contributed by atoms with van der Waals surface area (Å²) in [6.45, 7) is 4.97. The predicted octanol–water partition coefficient (Wildman–Crippen LogP) is 5.44. The van der Waals surface area contributed by atoms with Gasteiger partial charge in [-0.25, -0.2) is 4.98 Å². The molecule has 0 aliphatic heterocycles. The third-order valence-electron chi connectivity index (χ3n) is 3.13. The van der Waals surface area contributed by atoms with Crippen molar-refractivity contribution < 1.29 is 0 Å². The second-order valence-corrected chi connectivity index (χ2v) is 5.89. The molecule has 0 saturated carbocycles. The van der Waals surface area contributed by atoms with Crippen molar-refractivity contribution in [2.75, 3.05) is 17.2 Å². The zero-order chi connectivity index (χ0) is 15.9. The van der Waals surface area contributed by atoms with E-state index in [1.54, 1.807) is 12.1 Å². The van der Waals surface area contributed by atoms with Crippen LogP contribution in [-0.4, -0.2) is 16.5 Å². The van der Waals surface area contributed by atoms with Crippen molar-refractivity contribution in [3.05, 3.63) is 40.0 Å². The largest absolute Gasteiger partial charge is 0.354 e. The Hall–Kier alpha value is -1.52. The smallest absolute Gasteiger partial charge is 0.224 e. The van der Waals surface area contributed by atoms with Gasteiger partial charge in [-0.2, -0.15) is 4.98 Å². The SMILES string of the molecule is CCCCCNc1nc(C)cc(Nc2c(Cl)cccc2Cl)n1. The van der Waals surface area contributed by atoms with Crippen molar-refractivity contribution in [2.45, 2.75) is 33.1 Å². The quantitative estimate of drug-likeness (QED) is 0.660. The Bertz CT molecular complexity index is 611. The Kier molecular flexibility index (Phi) is 6.28. The zero-order valence-electron chi connectivity index (χ0n) is 12.8. The normalized spacial score (nSPS) is 10.5. The van der Waals surface area contributed by atoms with Crippen molar-refractivity contribution in [3.63, 3.8) is 0 Å². The van der Waals surface area contributed by atoms with Gasteiger partial charge >= 0.3 is 0 Å². The van der Waals surface area contributed by atoms with Gasteiger partial charge in [0.25, 0.3) is 0 Å². The second-order valence-electron chi connectivity index (χ2n) is 5.07. The van der Waals surface area contributed by atoms with Crippen molar-refractivity contribution in [3.8, 4) is 0 Å². The number of para-hydroxylation sites is 1. The van der Waals surface area contributed by atoms with E-state index in [2.05, 4.69) is 27.5 Å². The Labute approximate surface area is 141 Å². The van der Waals surface area contributed by atoms with Gasteiger partial charge in [-0.3, -0.25) is 0 Å². The Morgan fingerprint density at radius 1 is 1.09 bits per heavy atom. The molecule has 2 N–H and O–H groups in total. The summed E-state index contributed by atoms with van der Waals surface area (Å²) < 4.78 is 0. The van der Waals surface area contributed by atoms with Crippen LogP contribution in [0.3, 0.4) is 0 Å². The number of aromatic nitrogens is 2. The average molecular weight is 339 g/mol. The van der Waals surface area contributed by atoms with Crippen LogP contribution in [0.4, 0.5) is 17.5 Å². The summed E-state index contributed by atoms with van der Waals surface area (Å²) in [5.74, 6) is 1.28. The van der Waals surface area contributed by atoms with Crippen LogP contribution in [0.1, 0.15) is 31.9 Å². The minimum Gasteiger partial charge on any atom is -0.354 e. The maximum atomic E-state index is 6.17. The summed E-state index contributed by atoms with van der Waals surface area (Å²) in [5.41, 5.74) is 1.53. The third-order valence-corrected chi connectivity index (χ3v) is 3.76. The van der Waals surface area contributed by atoms with Crippen molar-refractivity contribution in [1.29, 1.82) is 0 Å². The fourth-order valence-corrected chi connectivity index (χ4v) is 2.52. The van der Waals surface area contributed by atoms with Crippen LogP contribution in [-0.2, 0) is 0 Å². The average Bonchev–Trinajstić information content (AvgIpc) is 2.47. The molecule has 0 fully saturated rings. The summed E-state index contributed by atoms with van der Waals surface area (Å²) in [6, 6.07) is 7.24. The van der Waals surface area contributed by atoms with Crippen LogP contribution < -0.4 is 10.6 Å². The summed E-state index contributed by atoms with van der Waals surface area (Å²) in [7, 11) is 0. The van der Waals surface area contributed by atoms with Crippen LogP contribution in [0.5, 0.6) is 0 Å². The maximum absolute atomic E-state index is 6.17. The minimum absolute atomic E-state index is 0.557. The van der Waals surface area contributed by atoms with E-state index in [1.165, 1.54) is 12.8 Å². The van der Waals surface area contributed by atoms with Gasteiger partial charge in [-0.15, -0.1) is 0 Å². The van der Waals surface area contributed by atoms with Gasteiger partial charge in [0.05, 0.1) is 15.7 Å². The molecular formula is C16H20Cl2N4. The number of hydrogen-bond donors (Lipinski definition) is 2. The van der Waals surface area contributed by atoms with E-state index >= 15 is 0 Å². The van der Waals surface area contributed by atoms with Crippen LogP contribution in [0.25, 0.3) is 0 Å². The van der Waals surface area contributed by atoms with Gasteiger partial charge in [0.2, 0.25) is 5.95 Å². The van der Waals surface area contributed by atoms with Crippen LogP contribution >= 0.6 is 23.2 Å². The number of benzene rings is 1. The fourth-order valence-electron chi connectivity index (χ4n) is 2.03. The van der Waals surface area contributed by atoms with Crippen molar-refractivity contribution >= 4 is 40.7 Å². The zero-order valence-corrected chi connectivity index (χ0v) is 14.3. The molecule has 0 radical (unpaired) electrons. The van der Waals surface area contributed by atoms with Crippen molar-refractivity contribution in [2.24, 2.45) is 0 Å². The summed E-state index contributed by atoms with van der Waals surface area (Å²) in [6.07, 6.45) is 3.49. The number of anilines is 3. The van der Waals surface area contributed by atoms with E-state index in [9.17, 15) is 0 Å². The number of hydrogen-bond acceptors (Lipinski definition) is 4. The Morgan fingerprint density at radius 3 is 2.50 bits per heavy atom. The number of aryl methyl sites for hydroxylation is 1. The van der Waals surface area contributed by atoms with E-state index in [4.69, 9.17) is 23.2 Å². The molecule has 0 bridgehead atoms. The first-order valence-electron chi connectivity index (χ1n) is 7.40. The van der Waals surface area contributed by atoms with E-state index in [0.717, 1.165) is 18.7 Å². The molecule has 0 unspecified atom stereocenters. The van der Waals surface area contributed by atoms with Gasteiger partial charge < -0.3 is 10.6 Å². The molecule has 0 aliphatic rings. The van der Waals surface area contributed by atoms with E-state index in [-0.39, 0.29) is 0 Å². The lowest BCUT2D eigenvalue weighted by molar-refractivity contribution is 0.740. The van der Waals surface area contributed by atoms with Gasteiger partial charge in [-0.05, 0) is 25.5 Å². The molecule has 1 aromatic carbocycles. The molecule has 2 rings (SSSR count). The highest BCUT2D eigenvalue weighted by Gasteiger charge is 2.08. The fraction of sp³-hybridized carbons (Fsp3) is 0.375. The number of nitrogens with zero attached hydrogens (tertiary/aromatic N) is 2. The van der Waals surface area contributed by atoms with Gasteiger partial charge in [0.15, 0.2) is 0 Å². The molecular weight excluding hydrogens is 319 g/mol. The molecule has 0 aliphatic carbocycles.